The summed E-state index contributed by atoms with van der Waals surface area (Å²) in [6, 6.07) is 0. The molecule has 0 radical (unpaired) electrons. The first-order chi connectivity index (χ1) is 9.72. The number of allylic oxidation sites excluding steroid dienone is 2. The summed E-state index contributed by atoms with van der Waals surface area (Å²) in [5, 5.41) is 0. The molecule has 120 valence electrons. The fraction of sp³-hybridized carbons (Fsp3) is 0.889. The molecule has 0 atom stereocenters. The molecule has 0 aliphatic carbocycles. The van der Waals surface area contributed by atoms with E-state index in [0.29, 0.717) is 12.8 Å². The van der Waals surface area contributed by atoms with Gasteiger partial charge >= 0.3 is 0 Å². The number of halogens is 2. The molecule has 0 aromatic heterocycles. The molecule has 0 aromatic rings. The molecular formula is C18H34F2. The van der Waals surface area contributed by atoms with Crippen LogP contribution in [0.25, 0.3) is 0 Å². The van der Waals surface area contributed by atoms with Crippen molar-refractivity contribution < 1.29 is 8.78 Å². The Kier molecular flexibility index (Phi) is 14.7. The van der Waals surface area contributed by atoms with Crippen molar-refractivity contribution in [3.8, 4) is 0 Å². The normalized spacial score (nSPS) is 12.6. The molecule has 0 saturated carbocycles. The second-order valence-corrected chi connectivity index (χ2v) is 5.85. The van der Waals surface area contributed by atoms with Gasteiger partial charge in [-0.2, -0.15) is 0 Å². The van der Waals surface area contributed by atoms with Crippen LogP contribution >= 0.6 is 0 Å². The standard InChI is InChI=1S/C18H34F2/c1-3-5-7-9-11-13-15-17(19)18(20)16-14-12-10-8-6-4-2/h3-16H2,1-2H3/b18-17+. The average Bonchev–Trinajstić information content (AvgIpc) is 2.45. The van der Waals surface area contributed by atoms with Gasteiger partial charge in [-0.25, -0.2) is 8.78 Å². The van der Waals surface area contributed by atoms with Gasteiger partial charge in [-0.3, -0.25) is 0 Å². The van der Waals surface area contributed by atoms with Crippen LogP contribution in [-0.2, 0) is 0 Å². The van der Waals surface area contributed by atoms with Crippen LogP contribution in [0.1, 0.15) is 104 Å². The summed E-state index contributed by atoms with van der Waals surface area (Å²) in [5.74, 6) is -0.983. The van der Waals surface area contributed by atoms with Crippen molar-refractivity contribution in [3.05, 3.63) is 11.7 Å². The third-order valence-corrected chi connectivity index (χ3v) is 3.79. The first-order valence-corrected chi connectivity index (χ1v) is 8.75. The highest BCUT2D eigenvalue weighted by molar-refractivity contribution is 4.99. The summed E-state index contributed by atoms with van der Waals surface area (Å²) in [5.41, 5.74) is 0. The number of hydrogen-bond acceptors (Lipinski definition) is 0. The second kappa shape index (κ2) is 15.0. The maximum absolute atomic E-state index is 13.5. The monoisotopic (exact) mass is 288 g/mol. The van der Waals surface area contributed by atoms with Gasteiger partial charge < -0.3 is 0 Å². The van der Waals surface area contributed by atoms with Crippen molar-refractivity contribution in [2.75, 3.05) is 0 Å². The maximum Gasteiger partial charge on any atom is 0.131 e. The highest BCUT2D eigenvalue weighted by Gasteiger charge is 2.05. The average molecular weight is 288 g/mol. The topological polar surface area (TPSA) is 0 Å². The van der Waals surface area contributed by atoms with E-state index in [0.717, 1.165) is 38.5 Å². The van der Waals surface area contributed by atoms with Gasteiger partial charge in [0.2, 0.25) is 0 Å². The zero-order valence-corrected chi connectivity index (χ0v) is 13.7. The fourth-order valence-electron chi connectivity index (χ4n) is 2.39. The minimum atomic E-state index is -0.492. The molecule has 2 heteroatoms. The number of unbranched alkanes of at least 4 members (excludes halogenated alkanes) is 10. The lowest BCUT2D eigenvalue weighted by atomic mass is 10.1. The summed E-state index contributed by atoms with van der Waals surface area (Å²) in [6.07, 6.45) is 13.9. The van der Waals surface area contributed by atoms with Crippen molar-refractivity contribution in [3.63, 3.8) is 0 Å². The molecule has 0 rings (SSSR count). The maximum atomic E-state index is 13.5. The Labute approximate surface area is 125 Å². The minimum absolute atomic E-state index is 0.299. The highest BCUT2D eigenvalue weighted by Crippen LogP contribution is 2.21. The first kappa shape index (κ1) is 19.6. The smallest absolute Gasteiger partial charge is 0.131 e. The Morgan fingerprint density at radius 2 is 0.800 bits per heavy atom. The molecule has 0 nitrogen and oxygen atoms in total. The zero-order valence-electron chi connectivity index (χ0n) is 13.7. The van der Waals surface area contributed by atoms with E-state index >= 15 is 0 Å². The van der Waals surface area contributed by atoms with E-state index in [2.05, 4.69) is 13.8 Å². The zero-order chi connectivity index (χ0) is 15.1. The largest absolute Gasteiger partial charge is 0.209 e. The minimum Gasteiger partial charge on any atom is -0.209 e. The Balaban J connectivity index is 3.52. The van der Waals surface area contributed by atoms with E-state index < -0.39 is 11.7 Å². The lowest BCUT2D eigenvalue weighted by Crippen LogP contribution is -1.86. The molecule has 0 unspecified atom stereocenters. The molecule has 0 N–H and O–H groups in total. The molecule has 0 spiro atoms. The first-order valence-electron chi connectivity index (χ1n) is 8.75. The SMILES string of the molecule is CCCCCCCC/C(F)=C(\F)CCCCCCCC. The molecule has 0 saturated heterocycles. The molecule has 0 heterocycles. The predicted octanol–water partition coefficient (Wildman–Crippen LogP) is 7.64. The van der Waals surface area contributed by atoms with Crippen molar-refractivity contribution in [2.45, 2.75) is 104 Å². The summed E-state index contributed by atoms with van der Waals surface area (Å²) >= 11 is 0. The van der Waals surface area contributed by atoms with Gasteiger partial charge in [-0.15, -0.1) is 0 Å². The molecular weight excluding hydrogens is 254 g/mol. The van der Waals surface area contributed by atoms with Crippen LogP contribution in [0.4, 0.5) is 8.78 Å². The van der Waals surface area contributed by atoms with Gasteiger partial charge in [-0.1, -0.05) is 78.1 Å². The summed E-state index contributed by atoms with van der Waals surface area (Å²) < 4.78 is 27.0. The van der Waals surface area contributed by atoms with E-state index in [1.165, 1.54) is 38.5 Å². The summed E-state index contributed by atoms with van der Waals surface area (Å²) in [7, 11) is 0. The Hall–Kier alpha value is -0.400. The van der Waals surface area contributed by atoms with Gasteiger partial charge in [-0.05, 0) is 12.8 Å². The molecule has 0 aliphatic rings. The van der Waals surface area contributed by atoms with Crippen LogP contribution in [0.15, 0.2) is 11.7 Å². The van der Waals surface area contributed by atoms with E-state index in [4.69, 9.17) is 0 Å². The number of rotatable bonds is 14. The summed E-state index contributed by atoms with van der Waals surface area (Å²) in [6.45, 7) is 4.36. The van der Waals surface area contributed by atoms with E-state index in [1.807, 2.05) is 0 Å². The Morgan fingerprint density at radius 3 is 1.15 bits per heavy atom. The molecule has 0 bridgehead atoms. The fourth-order valence-corrected chi connectivity index (χ4v) is 2.39. The van der Waals surface area contributed by atoms with Gasteiger partial charge in [0.05, 0.1) is 0 Å². The third-order valence-electron chi connectivity index (χ3n) is 3.79. The molecule has 0 amide bonds. The third kappa shape index (κ3) is 12.6. The van der Waals surface area contributed by atoms with Crippen LogP contribution in [-0.4, -0.2) is 0 Å². The van der Waals surface area contributed by atoms with E-state index in [9.17, 15) is 8.78 Å². The van der Waals surface area contributed by atoms with Crippen LogP contribution in [0.2, 0.25) is 0 Å². The van der Waals surface area contributed by atoms with Crippen LogP contribution in [0.3, 0.4) is 0 Å². The van der Waals surface area contributed by atoms with Gasteiger partial charge in [0, 0.05) is 12.8 Å². The molecule has 0 aliphatic heterocycles. The molecule has 0 fully saturated rings. The lowest BCUT2D eigenvalue weighted by molar-refractivity contribution is 0.461. The Bertz CT molecular complexity index is 210. The molecule has 0 aromatic carbocycles. The van der Waals surface area contributed by atoms with Crippen LogP contribution < -0.4 is 0 Å². The highest BCUT2D eigenvalue weighted by atomic mass is 19.2. The summed E-state index contributed by atoms with van der Waals surface area (Å²) in [4.78, 5) is 0. The second-order valence-electron chi connectivity index (χ2n) is 5.85. The number of hydrogen-bond donors (Lipinski definition) is 0. The van der Waals surface area contributed by atoms with Gasteiger partial charge in [0.1, 0.15) is 11.7 Å². The molecule has 20 heavy (non-hydrogen) atoms. The van der Waals surface area contributed by atoms with E-state index in [-0.39, 0.29) is 0 Å². The Morgan fingerprint density at radius 1 is 0.500 bits per heavy atom. The lowest BCUT2D eigenvalue weighted by Gasteiger charge is -2.03. The van der Waals surface area contributed by atoms with Crippen molar-refractivity contribution >= 4 is 0 Å². The predicted molar refractivity (Wildman–Crippen MR) is 85.2 cm³/mol. The quantitative estimate of drug-likeness (QED) is 0.288. The van der Waals surface area contributed by atoms with Crippen molar-refractivity contribution in [1.29, 1.82) is 0 Å². The van der Waals surface area contributed by atoms with E-state index in [1.54, 1.807) is 0 Å². The van der Waals surface area contributed by atoms with Gasteiger partial charge in [0.25, 0.3) is 0 Å². The van der Waals surface area contributed by atoms with Crippen molar-refractivity contribution in [2.24, 2.45) is 0 Å². The van der Waals surface area contributed by atoms with Crippen LogP contribution in [0, 0.1) is 0 Å². The van der Waals surface area contributed by atoms with Crippen molar-refractivity contribution in [1.82, 2.24) is 0 Å². The van der Waals surface area contributed by atoms with Crippen LogP contribution in [0.5, 0.6) is 0 Å². The van der Waals surface area contributed by atoms with Gasteiger partial charge in [0.15, 0.2) is 0 Å².